The lowest BCUT2D eigenvalue weighted by atomic mass is 9.86. The topological polar surface area (TPSA) is 0 Å². The average Bonchev–Trinajstić information content (AvgIpc) is 1.88. The quantitative estimate of drug-likeness (QED) is 0.484. The predicted molar refractivity (Wildman–Crippen MR) is 45.6 cm³/mol. The van der Waals surface area contributed by atoms with E-state index in [-0.39, 0.29) is 0 Å². The Kier molecular flexibility index (Phi) is 2.31. The lowest BCUT2D eigenvalue weighted by Crippen LogP contribution is -2.04. The van der Waals surface area contributed by atoms with Crippen molar-refractivity contribution in [2.75, 3.05) is 0 Å². The van der Waals surface area contributed by atoms with Crippen molar-refractivity contribution in [2.45, 2.75) is 26.2 Å². The van der Waals surface area contributed by atoms with Gasteiger partial charge in [0.15, 0.2) is 0 Å². The summed E-state index contributed by atoms with van der Waals surface area (Å²) < 4.78 is 0. The van der Waals surface area contributed by atoms with Crippen molar-refractivity contribution < 1.29 is 0 Å². The van der Waals surface area contributed by atoms with Crippen molar-refractivity contribution in [2.24, 2.45) is 5.92 Å². The Bertz CT molecular complexity index is 163. The highest BCUT2D eigenvalue weighted by Crippen LogP contribution is 2.27. The first-order valence-corrected chi connectivity index (χ1v) is 3.86. The Morgan fingerprint density at radius 1 is 1.70 bits per heavy atom. The second kappa shape index (κ2) is 3.05. The lowest BCUT2D eigenvalue weighted by Gasteiger charge is -2.19. The van der Waals surface area contributed by atoms with E-state index in [9.17, 15) is 0 Å². The van der Waals surface area contributed by atoms with E-state index < -0.39 is 0 Å². The fraction of sp³-hybridized carbons (Fsp3) is 0.500. The minimum absolute atomic E-state index is 0.727. The molecular weight excluding hydrogens is 120 g/mol. The van der Waals surface area contributed by atoms with E-state index in [1.807, 2.05) is 0 Å². The third-order valence-electron chi connectivity index (χ3n) is 2.20. The van der Waals surface area contributed by atoms with Crippen LogP contribution in [0.1, 0.15) is 26.2 Å². The summed E-state index contributed by atoms with van der Waals surface area (Å²) in [4.78, 5) is 0. The highest BCUT2D eigenvalue weighted by atomic mass is 14.2. The van der Waals surface area contributed by atoms with E-state index >= 15 is 0 Å². The van der Waals surface area contributed by atoms with Crippen molar-refractivity contribution >= 4 is 0 Å². The molecule has 1 atom stereocenters. The van der Waals surface area contributed by atoms with E-state index in [0.717, 1.165) is 18.8 Å². The molecule has 1 unspecified atom stereocenters. The summed E-state index contributed by atoms with van der Waals surface area (Å²) in [6, 6.07) is 0. The first-order valence-electron chi connectivity index (χ1n) is 3.86. The van der Waals surface area contributed by atoms with Gasteiger partial charge in [-0.2, -0.15) is 0 Å². The first-order chi connectivity index (χ1) is 4.70. The van der Waals surface area contributed by atoms with Gasteiger partial charge in [0.2, 0.25) is 0 Å². The lowest BCUT2D eigenvalue weighted by molar-refractivity contribution is 0.545. The minimum Gasteiger partial charge on any atom is -0.0998 e. The minimum atomic E-state index is 0.727. The SMILES string of the molecule is [CH2]C1=CCC(C(=C)C)CC1. The zero-order valence-corrected chi connectivity index (χ0v) is 6.69. The molecule has 0 saturated heterocycles. The molecule has 0 saturated carbocycles. The maximum Gasteiger partial charge on any atom is -0.0171 e. The molecule has 0 aliphatic heterocycles. The summed E-state index contributed by atoms with van der Waals surface area (Å²) in [7, 11) is 0. The van der Waals surface area contributed by atoms with Gasteiger partial charge in [-0.15, -0.1) is 0 Å². The zero-order valence-electron chi connectivity index (χ0n) is 6.69. The smallest absolute Gasteiger partial charge is 0.0171 e. The predicted octanol–water partition coefficient (Wildman–Crippen LogP) is 3.12. The van der Waals surface area contributed by atoms with Crippen LogP contribution in [0.25, 0.3) is 0 Å². The Balaban J connectivity index is 2.50. The van der Waals surface area contributed by atoms with Crippen LogP contribution in [-0.2, 0) is 0 Å². The first kappa shape index (κ1) is 7.59. The molecule has 0 bridgehead atoms. The molecule has 10 heavy (non-hydrogen) atoms. The summed E-state index contributed by atoms with van der Waals surface area (Å²) in [5.74, 6) is 0.727. The molecule has 0 N–H and O–H groups in total. The standard InChI is InChI=1S/C10H15/c1-8(2)10-6-4-9(3)5-7-10/h4,10H,1,3,5-7H2,2H3. The molecule has 0 heteroatoms. The van der Waals surface area contributed by atoms with Gasteiger partial charge in [-0.25, -0.2) is 0 Å². The zero-order chi connectivity index (χ0) is 7.56. The van der Waals surface area contributed by atoms with E-state index in [0.29, 0.717) is 0 Å². The van der Waals surface area contributed by atoms with Crippen molar-refractivity contribution in [1.82, 2.24) is 0 Å². The van der Waals surface area contributed by atoms with Gasteiger partial charge < -0.3 is 0 Å². The highest BCUT2D eigenvalue weighted by Gasteiger charge is 2.11. The molecule has 0 amide bonds. The maximum absolute atomic E-state index is 3.95. The number of rotatable bonds is 1. The van der Waals surface area contributed by atoms with Crippen LogP contribution in [0.3, 0.4) is 0 Å². The number of hydrogen-bond donors (Lipinski definition) is 0. The van der Waals surface area contributed by atoms with Crippen LogP contribution in [0.5, 0.6) is 0 Å². The molecule has 1 aliphatic rings. The third kappa shape index (κ3) is 1.73. The average molecular weight is 135 g/mol. The molecule has 0 heterocycles. The summed E-state index contributed by atoms with van der Waals surface area (Å²) in [6.07, 6.45) is 5.82. The van der Waals surface area contributed by atoms with Crippen LogP contribution in [0.4, 0.5) is 0 Å². The monoisotopic (exact) mass is 135 g/mol. The van der Waals surface area contributed by atoms with Crippen LogP contribution in [0.2, 0.25) is 0 Å². The molecule has 1 radical (unpaired) electrons. The normalized spacial score (nSPS) is 25.8. The summed E-state index contributed by atoms with van der Waals surface area (Å²) in [6.45, 7) is 9.99. The Hall–Kier alpha value is -0.520. The molecule has 0 aromatic heterocycles. The molecular formula is C10H15. The second-order valence-electron chi connectivity index (χ2n) is 3.18. The molecule has 0 aromatic rings. The summed E-state index contributed by atoms with van der Waals surface area (Å²) in [5.41, 5.74) is 2.63. The fourth-order valence-electron chi connectivity index (χ4n) is 1.34. The molecule has 0 fully saturated rings. The van der Waals surface area contributed by atoms with E-state index in [4.69, 9.17) is 0 Å². The van der Waals surface area contributed by atoms with Crippen LogP contribution in [0, 0.1) is 12.8 Å². The number of hydrogen-bond acceptors (Lipinski definition) is 0. The van der Waals surface area contributed by atoms with Gasteiger partial charge in [-0.3, -0.25) is 0 Å². The van der Waals surface area contributed by atoms with E-state index in [1.165, 1.54) is 17.6 Å². The molecule has 1 aliphatic carbocycles. The van der Waals surface area contributed by atoms with Gasteiger partial charge in [0.25, 0.3) is 0 Å². The Morgan fingerprint density at radius 2 is 2.40 bits per heavy atom. The van der Waals surface area contributed by atoms with Gasteiger partial charge >= 0.3 is 0 Å². The van der Waals surface area contributed by atoms with Gasteiger partial charge in [0, 0.05) is 0 Å². The van der Waals surface area contributed by atoms with Gasteiger partial charge in [0.1, 0.15) is 0 Å². The second-order valence-corrected chi connectivity index (χ2v) is 3.18. The van der Waals surface area contributed by atoms with Crippen LogP contribution in [0.15, 0.2) is 23.8 Å². The van der Waals surface area contributed by atoms with Gasteiger partial charge in [-0.1, -0.05) is 23.8 Å². The summed E-state index contributed by atoms with van der Waals surface area (Å²) in [5, 5.41) is 0. The molecule has 0 nitrogen and oxygen atoms in total. The van der Waals surface area contributed by atoms with E-state index in [1.54, 1.807) is 0 Å². The van der Waals surface area contributed by atoms with Crippen LogP contribution >= 0.6 is 0 Å². The summed E-state index contributed by atoms with van der Waals surface area (Å²) >= 11 is 0. The van der Waals surface area contributed by atoms with Gasteiger partial charge in [-0.05, 0) is 39.0 Å². The maximum atomic E-state index is 3.95. The molecule has 55 valence electrons. The fourth-order valence-corrected chi connectivity index (χ4v) is 1.34. The van der Waals surface area contributed by atoms with Crippen LogP contribution in [-0.4, -0.2) is 0 Å². The third-order valence-corrected chi connectivity index (χ3v) is 2.20. The van der Waals surface area contributed by atoms with Crippen molar-refractivity contribution in [1.29, 1.82) is 0 Å². The van der Waals surface area contributed by atoms with E-state index in [2.05, 4.69) is 26.5 Å². The van der Waals surface area contributed by atoms with Gasteiger partial charge in [0.05, 0.1) is 0 Å². The molecule has 1 rings (SSSR count). The Labute approximate surface area is 63.6 Å². The highest BCUT2D eigenvalue weighted by molar-refractivity contribution is 5.13. The number of allylic oxidation sites excluding steroid dienone is 3. The van der Waals surface area contributed by atoms with Crippen molar-refractivity contribution in [3.05, 3.63) is 30.7 Å². The van der Waals surface area contributed by atoms with Crippen molar-refractivity contribution in [3.63, 3.8) is 0 Å². The Morgan fingerprint density at radius 3 is 2.80 bits per heavy atom. The molecule has 0 spiro atoms. The largest absolute Gasteiger partial charge is 0.0998 e. The van der Waals surface area contributed by atoms with Crippen LogP contribution < -0.4 is 0 Å². The van der Waals surface area contributed by atoms with Crippen molar-refractivity contribution in [3.8, 4) is 0 Å². The molecule has 0 aromatic carbocycles.